The first kappa shape index (κ1) is 15.3. The Morgan fingerprint density at radius 1 is 1.43 bits per heavy atom. The summed E-state index contributed by atoms with van der Waals surface area (Å²) in [5.74, 6) is 3.55. The molecular formula is C13H16FN5OS. The standard InChI is InChI=1S/C13H16FN5OS/c1-13(2,3)8-6-21-12(17-8)18-11(20)7-4-5-16-10(19-15)9(7)14/h4-6H,15H2,1-3H3,(H,16,19)(H,17,18,20). The van der Waals surface area contributed by atoms with Crippen LogP contribution in [0.5, 0.6) is 0 Å². The van der Waals surface area contributed by atoms with Crippen LogP contribution in [-0.4, -0.2) is 15.9 Å². The molecule has 2 rings (SSSR count). The van der Waals surface area contributed by atoms with Crippen LogP contribution in [0.15, 0.2) is 17.6 Å². The highest BCUT2D eigenvalue weighted by Gasteiger charge is 2.20. The molecule has 21 heavy (non-hydrogen) atoms. The average molecular weight is 309 g/mol. The molecule has 0 spiro atoms. The Balaban J connectivity index is 2.21. The fraction of sp³-hybridized carbons (Fsp3) is 0.308. The van der Waals surface area contributed by atoms with Crippen LogP contribution in [0.4, 0.5) is 15.3 Å². The minimum Gasteiger partial charge on any atom is -0.306 e. The first-order chi connectivity index (χ1) is 9.82. The molecule has 0 radical (unpaired) electrons. The Kier molecular flexibility index (Phi) is 4.19. The molecule has 2 aromatic heterocycles. The molecule has 0 atom stereocenters. The molecule has 0 saturated carbocycles. The third-order valence-electron chi connectivity index (χ3n) is 2.76. The van der Waals surface area contributed by atoms with Crippen LogP contribution in [0, 0.1) is 5.82 Å². The molecule has 1 amide bonds. The molecule has 8 heteroatoms. The van der Waals surface area contributed by atoms with Gasteiger partial charge in [-0.25, -0.2) is 20.2 Å². The molecule has 4 N–H and O–H groups in total. The average Bonchev–Trinajstić information content (AvgIpc) is 2.87. The topological polar surface area (TPSA) is 92.9 Å². The Morgan fingerprint density at radius 2 is 2.14 bits per heavy atom. The second-order valence-electron chi connectivity index (χ2n) is 5.41. The van der Waals surface area contributed by atoms with Gasteiger partial charge in [-0.1, -0.05) is 20.8 Å². The monoisotopic (exact) mass is 309 g/mol. The molecule has 112 valence electrons. The Bertz CT molecular complexity index is 665. The van der Waals surface area contributed by atoms with Crippen LogP contribution in [0.25, 0.3) is 0 Å². The number of carbonyl (C=O) groups is 1. The van der Waals surface area contributed by atoms with Gasteiger partial charge >= 0.3 is 0 Å². The number of amides is 1. The number of hydrazine groups is 1. The Labute approximate surface area is 125 Å². The second-order valence-corrected chi connectivity index (χ2v) is 6.27. The molecular weight excluding hydrogens is 293 g/mol. The number of anilines is 2. The summed E-state index contributed by atoms with van der Waals surface area (Å²) in [6.45, 7) is 6.07. The minimum atomic E-state index is -0.801. The minimum absolute atomic E-state index is 0.113. The van der Waals surface area contributed by atoms with E-state index in [1.807, 2.05) is 26.2 Å². The molecule has 0 unspecified atom stereocenters. The van der Waals surface area contributed by atoms with E-state index in [4.69, 9.17) is 5.84 Å². The van der Waals surface area contributed by atoms with Crippen molar-refractivity contribution in [3.63, 3.8) is 0 Å². The van der Waals surface area contributed by atoms with Gasteiger partial charge in [0.05, 0.1) is 11.3 Å². The molecule has 0 fully saturated rings. The Hall–Kier alpha value is -2.06. The van der Waals surface area contributed by atoms with Crippen molar-refractivity contribution in [2.45, 2.75) is 26.2 Å². The quantitative estimate of drug-likeness (QED) is 0.598. The van der Waals surface area contributed by atoms with Gasteiger partial charge in [-0.05, 0) is 6.07 Å². The fourth-order valence-electron chi connectivity index (χ4n) is 1.56. The molecule has 0 aliphatic heterocycles. The summed E-state index contributed by atoms with van der Waals surface area (Å²) in [5, 5.41) is 4.86. The van der Waals surface area contributed by atoms with Gasteiger partial charge in [0.15, 0.2) is 16.8 Å². The molecule has 6 nitrogen and oxygen atoms in total. The summed E-state index contributed by atoms with van der Waals surface area (Å²) in [7, 11) is 0. The number of nitrogens with two attached hydrogens (primary N) is 1. The van der Waals surface area contributed by atoms with Crippen LogP contribution >= 0.6 is 11.3 Å². The first-order valence-electron chi connectivity index (χ1n) is 6.21. The lowest BCUT2D eigenvalue weighted by atomic mass is 9.93. The number of pyridine rings is 1. The number of nitrogens with zero attached hydrogens (tertiary/aromatic N) is 2. The number of carbonyl (C=O) groups excluding carboxylic acids is 1. The second kappa shape index (κ2) is 5.74. The van der Waals surface area contributed by atoms with Gasteiger partial charge in [-0.2, -0.15) is 0 Å². The van der Waals surface area contributed by atoms with Crippen LogP contribution in [0.1, 0.15) is 36.8 Å². The molecule has 0 aromatic carbocycles. The van der Waals surface area contributed by atoms with Crippen LogP contribution in [-0.2, 0) is 5.41 Å². The van der Waals surface area contributed by atoms with Gasteiger partial charge in [0, 0.05) is 17.0 Å². The van der Waals surface area contributed by atoms with E-state index in [0.717, 1.165) is 5.69 Å². The Morgan fingerprint density at radius 3 is 2.71 bits per heavy atom. The van der Waals surface area contributed by atoms with E-state index in [1.54, 1.807) is 0 Å². The summed E-state index contributed by atoms with van der Waals surface area (Å²) in [6.07, 6.45) is 1.30. The van der Waals surface area contributed by atoms with Gasteiger partial charge in [0.25, 0.3) is 5.91 Å². The molecule has 0 saturated heterocycles. The largest absolute Gasteiger partial charge is 0.306 e. The van der Waals surface area contributed by atoms with Crippen molar-refractivity contribution in [2.24, 2.45) is 5.84 Å². The summed E-state index contributed by atoms with van der Waals surface area (Å²) < 4.78 is 13.9. The lowest BCUT2D eigenvalue weighted by Crippen LogP contribution is -2.18. The number of aromatic nitrogens is 2. The van der Waals surface area contributed by atoms with E-state index >= 15 is 0 Å². The van der Waals surface area contributed by atoms with E-state index in [-0.39, 0.29) is 16.8 Å². The maximum Gasteiger partial charge on any atom is 0.260 e. The van der Waals surface area contributed by atoms with Gasteiger partial charge in [-0.3, -0.25) is 10.1 Å². The summed E-state index contributed by atoms with van der Waals surface area (Å²) in [5.41, 5.74) is 2.70. The number of halogens is 1. The van der Waals surface area contributed by atoms with Crippen molar-refractivity contribution in [2.75, 3.05) is 10.7 Å². The highest BCUT2D eigenvalue weighted by Crippen LogP contribution is 2.26. The van der Waals surface area contributed by atoms with E-state index in [1.165, 1.54) is 23.6 Å². The van der Waals surface area contributed by atoms with E-state index in [2.05, 4.69) is 20.7 Å². The molecule has 2 aromatic rings. The van der Waals surface area contributed by atoms with Crippen LogP contribution in [0.2, 0.25) is 0 Å². The highest BCUT2D eigenvalue weighted by atomic mass is 32.1. The lowest BCUT2D eigenvalue weighted by molar-refractivity contribution is 0.102. The molecule has 0 aliphatic carbocycles. The predicted octanol–water partition coefficient (Wildman–Crippen LogP) is 2.51. The third kappa shape index (κ3) is 3.34. The van der Waals surface area contributed by atoms with Gasteiger partial charge in [0.1, 0.15) is 0 Å². The van der Waals surface area contributed by atoms with E-state index in [0.29, 0.717) is 5.13 Å². The van der Waals surface area contributed by atoms with Crippen molar-refractivity contribution in [1.82, 2.24) is 9.97 Å². The summed E-state index contributed by atoms with van der Waals surface area (Å²) >= 11 is 1.29. The maximum atomic E-state index is 13.9. The molecule has 0 bridgehead atoms. The highest BCUT2D eigenvalue weighted by molar-refractivity contribution is 7.14. The van der Waals surface area contributed by atoms with Gasteiger partial charge in [-0.15, -0.1) is 11.3 Å². The number of hydrogen-bond donors (Lipinski definition) is 3. The van der Waals surface area contributed by atoms with Gasteiger partial charge < -0.3 is 5.43 Å². The summed E-state index contributed by atoms with van der Waals surface area (Å²) in [4.78, 5) is 20.1. The first-order valence-corrected chi connectivity index (χ1v) is 7.09. The lowest BCUT2D eigenvalue weighted by Gasteiger charge is -2.14. The van der Waals surface area contributed by atoms with Crippen molar-refractivity contribution < 1.29 is 9.18 Å². The molecule has 2 heterocycles. The number of rotatable bonds is 3. The van der Waals surface area contributed by atoms with Crippen molar-refractivity contribution in [3.8, 4) is 0 Å². The van der Waals surface area contributed by atoms with E-state index in [9.17, 15) is 9.18 Å². The normalized spacial score (nSPS) is 11.3. The zero-order valence-electron chi connectivity index (χ0n) is 11.9. The van der Waals surface area contributed by atoms with Crippen molar-refractivity contribution in [1.29, 1.82) is 0 Å². The van der Waals surface area contributed by atoms with E-state index < -0.39 is 11.7 Å². The van der Waals surface area contributed by atoms with Gasteiger partial charge in [0.2, 0.25) is 0 Å². The molecule has 0 aliphatic rings. The van der Waals surface area contributed by atoms with Crippen LogP contribution < -0.4 is 16.6 Å². The zero-order chi connectivity index (χ0) is 15.6. The SMILES string of the molecule is CC(C)(C)c1csc(NC(=O)c2ccnc(NN)c2F)n1. The smallest absolute Gasteiger partial charge is 0.260 e. The number of thiazole rings is 1. The van der Waals surface area contributed by atoms with Crippen LogP contribution in [0.3, 0.4) is 0 Å². The maximum absolute atomic E-state index is 13.9. The number of nitrogen functional groups attached to an aromatic ring is 1. The number of hydrogen-bond acceptors (Lipinski definition) is 6. The predicted molar refractivity (Wildman–Crippen MR) is 80.8 cm³/mol. The van der Waals surface area contributed by atoms with Crippen molar-refractivity contribution in [3.05, 3.63) is 34.7 Å². The number of nitrogens with one attached hydrogen (secondary N) is 2. The summed E-state index contributed by atoms with van der Waals surface area (Å²) in [6, 6.07) is 1.28. The fourth-order valence-corrected chi connectivity index (χ4v) is 2.49. The third-order valence-corrected chi connectivity index (χ3v) is 3.52. The zero-order valence-corrected chi connectivity index (χ0v) is 12.7. The van der Waals surface area contributed by atoms with Crippen molar-refractivity contribution >= 4 is 28.2 Å².